The molecular weight excluding hydrogens is 436 g/mol. The van der Waals surface area contributed by atoms with Crippen molar-refractivity contribution in [3.63, 3.8) is 0 Å². The van der Waals surface area contributed by atoms with Gasteiger partial charge in [-0.15, -0.1) is 11.3 Å². The van der Waals surface area contributed by atoms with E-state index in [1.165, 1.54) is 11.3 Å². The molecule has 10 heteroatoms. The zero-order valence-corrected chi connectivity index (χ0v) is 19.1. The van der Waals surface area contributed by atoms with Gasteiger partial charge in [-0.3, -0.25) is 4.79 Å². The lowest BCUT2D eigenvalue weighted by atomic mass is 10.2. The second kappa shape index (κ2) is 10.1. The molecular formula is C21H28N4O4S2. The minimum Gasteiger partial charge on any atom is -0.378 e. The van der Waals surface area contributed by atoms with Crippen LogP contribution in [0.15, 0.2) is 34.7 Å². The molecule has 0 bridgehead atoms. The highest BCUT2D eigenvalue weighted by Gasteiger charge is 2.27. The summed E-state index contributed by atoms with van der Waals surface area (Å²) in [5.74, 6) is 0.759. The first kappa shape index (κ1) is 22.2. The Bertz CT molecular complexity index is 996. The van der Waals surface area contributed by atoms with Crippen molar-refractivity contribution in [2.75, 3.05) is 44.3 Å². The second-order valence-electron chi connectivity index (χ2n) is 7.76. The predicted octanol–water partition coefficient (Wildman–Crippen LogP) is 2.01. The van der Waals surface area contributed by atoms with Gasteiger partial charge in [0.25, 0.3) is 10.0 Å². The molecule has 2 aliphatic heterocycles. The lowest BCUT2D eigenvalue weighted by molar-refractivity contribution is -0.120. The molecule has 31 heavy (non-hydrogen) atoms. The van der Waals surface area contributed by atoms with Crippen molar-refractivity contribution in [2.24, 2.45) is 0 Å². The van der Waals surface area contributed by atoms with Crippen LogP contribution < -0.4 is 10.2 Å². The van der Waals surface area contributed by atoms with Crippen LogP contribution in [0.25, 0.3) is 0 Å². The summed E-state index contributed by atoms with van der Waals surface area (Å²) in [6.07, 6.45) is 4.81. The Labute approximate surface area is 187 Å². The summed E-state index contributed by atoms with van der Waals surface area (Å²) in [4.78, 5) is 19.8. The molecule has 0 saturated carbocycles. The van der Waals surface area contributed by atoms with Crippen LogP contribution in [-0.2, 0) is 32.5 Å². The van der Waals surface area contributed by atoms with Gasteiger partial charge >= 0.3 is 0 Å². The lowest BCUT2D eigenvalue weighted by Crippen LogP contribution is -2.36. The number of amides is 1. The molecule has 0 unspecified atom stereocenters. The average Bonchev–Trinajstić information content (AvgIpc) is 3.28. The minimum atomic E-state index is -3.45. The first-order valence-electron chi connectivity index (χ1n) is 10.7. The fourth-order valence-electron chi connectivity index (χ4n) is 3.78. The number of pyridine rings is 1. The van der Waals surface area contributed by atoms with E-state index in [0.29, 0.717) is 37.1 Å². The fraction of sp³-hybridized carbons (Fsp3) is 0.524. The van der Waals surface area contributed by atoms with E-state index in [0.717, 1.165) is 48.6 Å². The quantitative estimate of drug-likeness (QED) is 0.674. The van der Waals surface area contributed by atoms with Crippen molar-refractivity contribution >= 4 is 33.1 Å². The first-order chi connectivity index (χ1) is 15.0. The zero-order chi connectivity index (χ0) is 21.7. The number of anilines is 1. The first-order valence-corrected chi connectivity index (χ1v) is 12.9. The third-order valence-corrected chi connectivity index (χ3v) is 8.97. The van der Waals surface area contributed by atoms with E-state index in [1.807, 2.05) is 12.1 Å². The van der Waals surface area contributed by atoms with Crippen molar-refractivity contribution < 1.29 is 17.9 Å². The number of hydrogen-bond acceptors (Lipinski definition) is 7. The molecule has 1 amide bonds. The van der Waals surface area contributed by atoms with Gasteiger partial charge in [-0.1, -0.05) is 6.42 Å². The standard InChI is InChI=1S/C21H28N4O4S2/c26-20(23-16-17-6-7-22-19(14-17)24-10-12-29-13-11-24)15-18-4-5-21(30-18)31(27,28)25-8-2-1-3-9-25/h4-7,14H,1-3,8-13,15-16H2,(H,23,26). The molecule has 2 aliphatic rings. The number of hydrogen-bond donors (Lipinski definition) is 1. The number of thiophene rings is 1. The summed E-state index contributed by atoms with van der Waals surface area (Å²) in [7, 11) is -3.45. The van der Waals surface area contributed by atoms with E-state index in [2.05, 4.69) is 15.2 Å². The van der Waals surface area contributed by atoms with Gasteiger partial charge in [0.15, 0.2) is 0 Å². The Kier molecular flexibility index (Phi) is 7.21. The van der Waals surface area contributed by atoms with Crippen molar-refractivity contribution in [1.29, 1.82) is 0 Å². The molecule has 2 aromatic rings. The van der Waals surface area contributed by atoms with Gasteiger partial charge in [-0.2, -0.15) is 4.31 Å². The predicted molar refractivity (Wildman–Crippen MR) is 120 cm³/mol. The monoisotopic (exact) mass is 464 g/mol. The molecule has 2 saturated heterocycles. The van der Waals surface area contributed by atoms with Gasteiger partial charge in [0.2, 0.25) is 5.91 Å². The maximum Gasteiger partial charge on any atom is 0.252 e. The van der Waals surface area contributed by atoms with E-state index < -0.39 is 10.0 Å². The highest BCUT2D eigenvalue weighted by molar-refractivity contribution is 7.91. The molecule has 0 spiro atoms. The molecule has 0 atom stereocenters. The summed E-state index contributed by atoms with van der Waals surface area (Å²) < 4.78 is 32.8. The normalized spacial score (nSPS) is 18.1. The van der Waals surface area contributed by atoms with Crippen LogP contribution in [0.4, 0.5) is 5.82 Å². The third kappa shape index (κ3) is 5.62. The van der Waals surface area contributed by atoms with E-state index in [9.17, 15) is 13.2 Å². The molecule has 2 fully saturated rings. The van der Waals surface area contributed by atoms with Crippen LogP contribution in [0.3, 0.4) is 0 Å². The Morgan fingerprint density at radius 1 is 1.10 bits per heavy atom. The largest absolute Gasteiger partial charge is 0.378 e. The second-order valence-corrected chi connectivity index (χ2v) is 11.1. The Hall–Kier alpha value is -2.01. The highest BCUT2D eigenvalue weighted by atomic mass is 32.2. The number of nitrogens with one attached hydrogen (secondary N) is 1. The van der Waals surface area contributed by atoms with Gasteiger partial charge in [0, 0.05) is 43.8 Å². The zero-order valence-electron chi connectivity index (χ0n) is 17.5. The van der Waals surface area contributed by atoms with Gasteiger partial charge in [-0.25, -0.2) is 13.4 Å². The highest BCUT2D eigenvalue weighted by Crippen LogP contribution is 2.27. The molecule has 2 aromatic heterocycles. The number of sulfonamides is 1. The number of ether oxygens (including phenoxy) is 1. The summed E-state index contributed by atoms with van der Waals surface area (Å²) in [6.45, 7) is 4.57. The Morgan fingerprint density at radius 3 is 2.65 bits per heavy atom. The van der Waals surface area contributed by atoms with Crippen LogP contribution in [0.2, 0.25) is 0 Å². The Balaban J connectivity index is 1.31. The van der Waals surface area contributed by atoms with Crippen LogP contribution in [0, 0.1) is 0 Å². The summed E-state index contributed by atoms with van der Waals surface area (Å²) in [5, 5.41) is 2.93. The lowest BCUT2D eigenvalue weighted by Gasteiger charge is -2.28. The van der Waals surface area contributed by atoms with Gasteiger partial charge < -0.3 is 15.0 Å². The summed E-state index contributed by atoms with van der Waals surface area (Å²) in [6, 6.07) is 7.23. The third-order valence-electron chi connectivity index (χ3n) is 5.52. The number of rotatable bonds is 7. The number of nitrogens with zero attached hydrogens (tertiary/aromatic N) is 3. The maximum atomic E-state index is 12.8. The van der Waals surface area contributed by atoms with E-state index in [1.54, 1.807) is 22.6 Å². The molecule has 1 N–H and O–H groups in total. The van der Waals surface area contributed by atoms with Crippen LogP contribution in [0.5, 0.6) is 0 Å². The van der Waals surface area contributed by atoms with Gasteiger partial charge in [-0.05, 0) is 42.7 Å². The summed E-state index contributed by atoms with van der Waals surface area (Å²) >= 11 is 1.19. The number of carbonyl (C=O) groups excluding carboxylic acids is 1. The number of piperidine rings is 1. The molecule has 168 valence electrons. The topological polar surface area (TPSA) is 91.8 Å². The average molecular weight is 465 g/mol. The van der Waals surface area contributed by atoms with E-state index in [4.69, 9.17) is 4.74 Å². The van der Waals surface area contributed by atoms with Gasteiger partial charge in [0.05, 0.1) is 19.6 Å². The van der Waals surface area contributed by atoms with E-state index >= 15 is 0 Å². The maximum absolute atomic E-state index is 12.8. The SMILES string of the molecule is O=C(Cc1ccc(S(=O)(=O)N2CCCCC2)s1)NCc1ccnc(N2CCOCC2)c1. The van der Waals surface area contributed by atoms with Crippen molar-refractivity contribution in [3.8, 4) is 0 Å². The summed E-state index contributed by atoms with van der Waals surface area (Å²) in [5.41, 5.74) is 0.976. The molecule has 0 aliphatic carbocycles. The number of aromatic nitrogens is 1. The molecule has 0 radical (unpaired) electrons. The molecule has 8 nitrogen and oxygen atoms in total. The van der Waals surface area contributed by atoms with Crippen LogP contribution >= 0.6 is 11.3 Å². The smallest absolute Gasteiger partial charge is 0.252 e. The minimum absolute atomic E-state index is 0.131. The fourth-order valence-corrected chi connectivity index (χ4v) is 6.81. The number of morpholine rings is 1. The van der Waals surface area contributed by atoms with E-state index in [-0.39, 0.29) is 12.3 Å². The van der Waals surface area contributed by atoms with Gasteiger partial charge in [0.1, 0.15) is 10.0 Å². The molecule has 4 heterocycles. The van der Waals surface area contributed by atoms with Crippen molar-refractivity contribution in [2.45, 2.75) is 36.4 Å². The van der Waals surface area contributed by atoms with Crippen molar-refractivity contribution in [1.82, 2.24) is 14.6 Å². The molecule has 0 aromatic carbocycles. The van der Waals surface area contributed by atoms with Crippen LogP contribution in [-0.4, -0.2) is 63.0 Å². The Morgan fingerprint density at radius 2 is 1.87 bits per heavy atom. The molecule has 4 rings (SSSR count). The van der Waals surface area contributed by atoms with Crippen molar-refractivity contribution in [3.05, 3.63) is 40.9 Å². The number of carbonyl (C=O) groups is 1. The van der Waals surface area contributed by atoms with Crippen LogP contribution in [0.1, 0.15) is 29.7 Å².